The van der Waals surface area contributed by atoms with Crippen molar-refractivity contribution in [2.75, 3.05) is 12.8 Å². The lowest BCUT2D eigenvalue weighted by Crippen LogP contribution is -2.12. The van der Waals surface area contributed by atoms with E-state index < -0.39 is 0 Å². The number of nitrogens with zero attached hydrogens (tertiary/aromatic N) is 3. The van der Waals surface area contributed by atoms with Crippen LogP contribution in [-0.4, -0.2) is 21.7 Å². The minimum atomic E-state index is 0.771. The van der Waals surface area contributed by atoms with E-state index in [0.29, 0.717) is 0 Å². The number of benzene rings is 1. The van der Waals surface area contributed by atoms with E-state index >= 15 is 0 Å². The number of fused-ring (bicyclic) bond motifs is 1. The van der Waals surface area contributed by atoms with Crippen molar-refractivity contribution in [2.45, 2.75) is 20.0 Å². The SMILES string of the molecule is Cc1nn(-c2ccccc2N)c2c1CN(C)C2. The number of anilines is 1. The number of hydrogen-bond acceptors (Lipinski definition) is 3. The molecule has 0 atom stereocenters. The molecule has 0 amide bonds. The summed E-state index contributed by atoms with van der Waals surface area (Å²) in [6.45, 7) is 3.98. The summed E-state index contributed by atoms with van der Waals surface area (Å²) in [7, 11) is 2.12. The van der Waals surface area contributed by atoms with E-state index in [0.717, 1.165) is 30.2 Å². The third-order valence-electron chi connectivity index (χ3n) is 3.30. The largest absolute Gasteiger partial charge is 0.397 e. The highest BCUT2D eigenvalue weighted by atomic mass is 15.3. The minimum absolute atomic E-state index is 0.771. The van der Waals surface area contributed by atoms with Crippen LogP contribution < -0.4 is 5.73 Å². The van der Waals surface area contributed by atoms with Crippen molar-refractivity contribution in [3.63, 3.8) is 0 Å². The molecule has 0 saturated carbocycles. The average molecular weight is 228 g/mol. The standard InChI is InChI=1S/C13H16N4/c1-9-10-7-16(2)8-13(10)17(15-9)12-6-4-3-5-11(12)14/h3-6H,7-8,14H2,1-2H3. The normalized spacial score (nSPS) is 15.2. The van der Waals surface area contributed by atoms with Crippen LogP contribution in [0.4, 0.5) is 5.69 Å². The summed E-state index contributed by atoms with van der Waals surface area (Å²) in [5.74, 6) is 0. The van der Waals surface area contributed by atoms with E-state index in [9.17, 15) is 0 Å². The van der Waals surface area contributed by atoms with Crippen LogP contribution in [0.15, 0.2) is 24.3 Å². The molecule has 2 N–H and O–H groups in total. The quantitative estimate of drug-likeness (QED) is 0.756. The van der Waals surface area contributed by atoms with Gasteiger partial charge in [-0.05, 0) is 26.1 Å². The summed E-state index contributed by atoms with van der Waals surface area (Å²) >= 11 is 0. The fraction of sp³-hybridized carbons (Fsp3) is 0.308. The molecule has 0 fully saturated rings. The van der Waals surface area contributed by atoms with Crippen molar-refractivity contribution < 1.29 is 0 Å². The third-order valence-corrected chi connectivity index (χ3v) is 3.30. The first kappa shape index (κ1) is 10.4. The summed E-state index contributed by atoms with van der Waals surface area (Å²) < 4.78 is 1.99. The molecule has 1 aromatic heterocycles. The highest BCUT2D eigenvalue weighted by Gasteiger charge is 2.24. The van der Waals surface area contributed by atoms with Crippen molar-refractivity contribution >= 4 is 5.69 Å². The maximum atomic E-state index is 6.02. The molecule has 1 aromatic carbocycles. The molecule has 4 nitrogen and oxygen atoms in total. The van der Waals surface area contributed by atoms with Crippen molar-refractivity contribution in [1.29, 1.82) is 0 Å². The van der Waals surface area contributed by atoms with Gasteiger partial charge in [0, 0.05) is 18.7 Å². The van der Waals surface area contributed by atoms with Crippen molar-refractivity contribution in [3.8, 4) is 5.69 Å². The van der Waals surface area contributed by atoms with Gasteiger partial charge in [-0.15, -0.1) is 0 Å². The molecule has 1 aliphatic heterocycles. The van der Waals surface area contributed by atoms with Crippen molar-refractivity contribution in [2.24, 2.45) is 0 Å². The molecule has 0 unspecified atom stereocenters. The molecule has 88 valence electrons. The van der Waals surface area contributed by atoms with Gasteiger partial charge in [0.1, 0.15) is 0 Å². The van der Waals surface area contributed by atoms with E-state index in [1.807, 2.05) is 28.9 Å². The number of aromatic nitrogens is 2. The molecule has 1 aliphatic rings. The van der Waals surface area contributed by atoms with Crippen LogP contribution in [0.25, 0.3) is 5.69 Å². The Kier molecular flexibility index (Phi) is 2.19. The zero-order chi connectivity index (χ0) is 12.0. The lowest BCUT2D eigenvalue weighted by atomic mass is 10.2. The molecule has 3 rings (SSSR count). The predicted molar refractivity (Wildman–Crippen MR) is 67.9 cm³/mol. The lowest BCUT2D eigenvalue weighted by molar-refractivity contribution is 0.345. The maximum absolute atomic E-state index is 6.02. The number of para-hydroxylation sites is 2. The van der Waals surface area contributed by atoms with Crippen LogP contribution in [0, 0.1) is 6.92 Å². The second-order valence-electron chi connectivity index (χ2n) is 4.65. The Morgan fingerprint density at radius 1 is 1.24 bits per heavy atom. The third kappa shape index (κ3) is 1.52. The first-order valence-electron chi connectivity index (χ1n) is 5.77. The summed E-state index contributed by atoms with van der Waals surface area (Å²) in [6, 6.07) is 7.87. The Balaban J connectivity index is 2.18. The molecule has 0 spiro atoms. The zero-order valence-corrected chi connectivity index (χ0v) is 10.1. The fourth-order valence-electron chi connectivity index (χ4n) is 2.44. The Hall–Kier alpha value is -1.81. The Morgan fingerprint density at radius 3 is 2.76 bits per heavy atom. The second kappa shape index (κ2) is 3.60. The topological polar surface area (TPSA) is 47.1 Å². The number of rotatable bonds is 1. The van der Waals surface area contributed by atoms with Gasteiger partial charge in [0.15, 0.2) is 0 Å². The van der Waals surface area contributed by atoms with E-state index in [1.165, 1.54) is 11.3 Å². The highest BCUT2D eigenvalue weighted by molar-refractivity contribution is 5.58. The molecule has 2 heterocycles. The van der Waals surface area contributed by atoms with Gasteiger partial charge in [-0.1, -0.05) is 12.1 Å². The van der Waals surface area contributed by atoms with E-state index in [1.54, 1.807) is 0 Å². The van der Waals surface area contributed by atoms with E-state index in [2.05, 4.69) is 24.0 Å². The summed E-state index contributed by atoms with van der Waals surface area (Å²) in [5, 5.41) is 4.61. The van der Waals surface area contributed by atoms with Crippen LogP contribution >= 0.6 is 0 Å². The molecule has 0 aliphatic carbocycles. The number of nitrogens with two attached hydrogens (primary N) is 1. The first-order valence-corrected chi connectivity index (χ1v) is 5.77. The zero-order valence-electron chi connectivity index (χ0n) is 10.1. The summed E-state index contributed by atoms with van der Waals surface area (Å²) in [6.07, 6.45) is 0. The van der Waals surface area contributed by atoms with Crippen LogP contribution in [0.3, 0.4) is 0 Å². The van der Waals surface area contributed by atoms with Gasteiger partial charge in [-0.2, -0.15) is 5.10 Å². The van der Waals surface area contributed by atoms with E-state index in [-0.39, 0.29) is 0 Å². The number of aryl methyl sites for hydroxylation is 1. The smallest absolute Gasteiger partial charge is 0.0878 e. The predicted octanol–water partition coefficient (Wildman–Crippen LogP) is 1.71. The molecule has 0 saturated heterocycles. The van der Waals surface area contributed by atoms with Gasteiger partial charge >= 0.3 is 0 Å². The minimum Gasteiger partial charge on any atom is -0.397 e. The van der Waals surface area contributed by atoms with Gasteiger partial charge in [0.05, 0.1) is 22.8 Å². The summed E-state index contributed by atoms with van der Waals surface area (Å²) in [4.78, 5) is 2.29. The molecule has 17 heavy (non-hydrogen) atoms. The molecule has 2 aromatic rings. The van der Waals surface area contributed by atoms with Gasteiger partial charge < -0.3 is 5.73 Å². The van der Waals surface area contributed by atoms with Crippen LogP contribution in [0.1, 0.15) is 17.0 Å². The van der Waals surface area contributed by atoms with Gasteiger partial charge in [0.25, 0.3) is 0 Å². The van der Waals surface area contributed by atoms with Gasteiger partial charge in [-0.3, -0.25) is 4.90 Å². The van der Waals surface area contributed by atoms with Gasteiger partial charge in [-0.25, -0.2) is 4.68 Å². The van der Waals surface area contributed by atoms with Gasteiger partial charge in [0.2, 0.25) is 0 Å². The maximum Gasteiger partial charge on any atom is 0.0878 e. The molecular formula is C13H16N4. The molecule has 0 radical (unpaired) electrons. The number of nitrogen functional groups attached to an aromatic ring is 1. The molecule has 0 bridgehead atoms. The van der Waals surface area contributed by atoms with Crippen LogP contribution in [0.2, 0.25) is 0 Å². The summed E-state index contributed by atoms with van der Waals surface area (Å²) in [5.41, 5.74) is 11.5. The fourth-order valence-corrected chi connectivity index (χ4v) is 2.44. The van der Waals surface area contributed by atoms with Crippen LogP contribution in [0.5, 0.6) is 0 Å². The highest BCUT2D eigenvalue weighted by Crippen LogP contribution is 2.28. The lowest BCUT2D eigenvalue weighted by Gasteiger charge is -2.10. The van der Waals surface area contributed by atoms with E-state index in [4.69, 9.17) is 5.73 Å². The van der Waals surface area contributed by atoms with Crippen molar-refractivity contribution in [1.82, 2.24) is 14.7 Å². The number of hydrogen-bond donors (Lipinski definition) is 1. The molecule has 4 heteroatoms. The second-order valence-corrected chi connectivity index (χ2v) is 4.65. The first-order chi connectivity index (χ1) is 8.16. The Bertz CT molecular complexity index is 571. The Morgan fingerprint density at radius 2 is 2.00 bits per heavy atom. The Labute approximate surface area is 101 Å². The van der Waals surface area contributed by atoms with Crippen LogP contribution in [-0.2, 0) is 13.1 Å². The van der Waals surface area contributed by atoms with Crippen molar-refractivity contribution in [3.05, 3.63) is 41.2 Å². The monoisotopic (exact) mass is 228 g/mol. The molecular weight excluding hydrogens is 212 g/mol. The average Bonchev–Trinajstić information content (AvgIpc) is 2.80.